The summed E-state index contributed by atoms with van der Waals surface area (Å²) in [6.07, 6.45) is 0. The van der Waals surface area contributed by atoms with E-state index in [1.807, 2.05) is 0 Å². The van der Waals surface area contributed by atoms with Crippen LogP contribution in [0.4, 0.5) is 22.0 Å². The summed E-state index contributed by atoms with van der Waals surface area (Å²) in [4.78, 5) is 12.1. The summed E-state index contributed by atoms with van der Waals surface area (Å²) in [5.41, 5.74) is -2.23. The minimum absolute atomic E-state index is 0.237. The van der Waals surface area contributed by atoms with Crippen LogP contribution in [0.15, 0.2) is 24.3 Å². The highest BCUT2D eigenvalue weighted by Crippen LogP contribution is 2.26. The first kappa shape index (κ1) is 17.9. The molecule has 0 saturated heterocycles. The van der Waals surface area contributed by atoms with E-state index in [-0.39, 0.29) is 5.56 Å². The molecule has 0 N–H and O–H groups in total. The van der Waals surface area contributed by atoms with Gasteiger partial charge in [-0.25, -0.2) is 22.0 Å². The van der Waals surface area contributed by atoms with Crippen LogP contribution in [-0.4, -0.2) is 11.4 Å². The van der Waals surface area contributed by atoms with Gasteiger partial charge in [-0.2, -0.15) is 0 Å². The van der Waals surface area contributed by atoms with Crippen LogP contribution in [-0.2, 0) is 0 Å². The van der Waals surface area contributed by atoms with E-state index < -0.39 is 46.0 Å². The molecule has 0 unspecified atom stereocenters. The highest BCUT2D eigenvalue weighted by molar-refractivity contribution is 6.09. The number of carbonyl (C=O) groups is 1. The summed E-state index contributed by atoms with van der Waals surface area (Å²) in [6.45, 7) is 5.38. The molecule has 24 heavy (non-hydrogen) atoms. The van der Waals surface area contributed by atoms with Gasteiger partial charge in [0.25, 0.3) is 0 Å². The second kappa shape index (κ2) is 6.22. The Morgan fingerprint density at radius 3 is 1.62 bits per heavy atom. The van der Waals surface area contributed by atoms with Gasteiger partial charge < -0.3 is 4.74 Å². The minimum atomic E-state index is -2.31. The van der Waals surface area contributed by atoms with Crippen LogP contribution in [0.5, 0.6) is 5.75 Å². The van der Waals surface area contributed by atoms with E-state index in [0.29, 0.717) is 5.75 Å². The van der Waals surface area contributed by atoms with Crippen LogP contribution >= 0.6 is 0 Å². The number of carbonyl (C=O) groups excluding carboxylic acids is 1. The van der Waals surface area contributed by atoms with Gasteiger partial charge in [0.05, 0.1) is 0 Å². The van der Waals surface area contributed by atoms with Crippen molar-refractivity contribution in [2.45, 2.75) is 26.4 Å². The van der Waals surface area contributed by atoms with Crippen LogP contribution in [0.1, 0.15) is 36.7 Å². The van der Waals surface area contributed by atoms with Crippen LogP contribution < -0.4 is 4.74 Å². The minimum Gasteiger partial charge on any atom is -0.488 e. The lowest BCUT2D eigenvalue weighted by molar-refractivity contribution is 0.102. The van der Waals surface area contributed by atoms with Crippen LogP contribution in [0.2, 0.25) is 0 Å². The van der Waals surface area contributed by atoms with Crippen LogP contribution in [0, 0.1) is 29.1 Å². The first-order valence-corrected chi connectivity index (χ1v) is 6.88. The molecule has 0 saturated carbocycles. The molecule has 0 heterocycles. The summed E-state index contributed by atoms with van der Waals surface area (Å²) < 4.78 is 72.3. The van der Waals surface area contributed by atoms with Gasteiger partial charge in [0.1, 0.15) is 16.9 Å². The lowest BCUT2D eigenvalue weighted by Crippen LogP contribution is -2.22. The Bertz CT molecular complexity index is 763. The fraction of sp³-hybridized carbons (Fsp3) is 0.235. The first-order valence-electron chi connectivity index (χ1n) is 6.88. The zero-order chi connectivity index (χ0) is 18.2. The molecule has 0 spiro atoms. The van der Waals surface area contributed by atoms with Gasteiger partial charge >= 0.3 is 0 Å². The second-order valence-electron chi connectivity index (χ2n) is 6.01. The van der Waals surface area contributed by atoms with E-state index in [4.69, 9.17) is 4.74 Å². The Morgan fingerprint density at radius 2 is 1.21 bits per heavy atom. The first-order chi connectivity index (χ1) is 11.0. The lowest BCUT2D eigenvalue weighted by atomic mass is 10.0. The average molecular weight is 344 g/mol. The SMILES string of the molecule is CC(C)(C)Oc1ccc(C(=O)c2c(F)c(F)c(F)c(F)c2F)cc1. The van der Waals surface area contributed by atoms with Crippen LogP contribution in [0.3, 0.4) is 0 Å². The van der Waals surface area contributed by atoms with Gasteiger partial charge in [0.2, 0.25) is 5.82 Å². The normalized spacial score (nSPS) is 11.5. The van der Waals surface area contributed by atoms with Gasteiger partial charge in [-0.05, 0) is 45.0 Å². The fourth-order valence-electron chi connectivity index (χ4n) is 1.98. The Hall–Kier alpha value is -2.44. The third-order valence-electron chi connectivity index (χ3n) is 2.98. The molecule has 0 aromatic heterocycles. The molecule has 2 aromatic carbocycles. The number of hydrogen-bond acceptors (Lipinski definition) is 2. The fourth-order valence-corrected chi connectivity index (χ4v) is 1.98. The molecule has 128 valence electrons. The van der Waals surface area contributed by atoms with Crippen molar-refractivity contribution in [3.8, 4) is 5.75 Å². The third-order valence-corrected chi connectivity index (χ3v) is 2.98. The highest BCUT2D eigenvalue weighted by atomic mass is 19.2. The topological polar surface area (TPSA) is 26.3 Å². The zero-order valence-electron chi connectivity index (χ0n) is 13.0. The number of benzene rings is 2. The lowest BCUT2D eigenvalue weighted by Gasteiger charge is -2.21. The Morgan fingerprint density at radius 1 is 0.792 bits per heavy atom. The smallest absolute Gasteiger partial charge is 0.200 e. The molecule has 0 radical (unpaired) electrons. The predicted octanol–water partition coefficient (Wildman–Crippen LogP) is 4.79. The second-order valence-corrected chi connectivity index (χ2v) is 6.01. The Labute approximate surface area is 134 Å². The standard InChI is InChI=1S/C17H13F5O2/c1-17(2,3)24-9-6-4-8(5-7-9)16(23)10-11(18)13(20)15(22)14(21)12(10)19/h4-7H,1-3H3. The molecule has 2 rings (SSSR count). The molecule has 0 atom stereocenters. The van der Waals surface area contributed by atoms with Gasteiger partial charge in [-0.15, -0.1) is 0 Å². The van der Waals surface area contributed by atoms with Crippen molar-refractivity contribution in [3.63, 3.8) is 0 Å². The maximum atomic E-state index is 13.7. The quantitative estimate of drug-likeness (QED) is 0.346. The predicted molar refractivity (Wildman–Crippen MR) is 76.5 cm³/mol. The number of hydrogen-bond donors (Lipinski definition) is 0. The molecule has 0 aliphatic carbocycles. The monoisotopic (exact) mass is 344 g/mol. The molecule has 2 aromatic rings. The number of rotatable bonds is 3. The summed E-state index contributed by atoms with van der Waals surface area (Å²) in [5, 5.41) is 0. The van der Waals surface area contributed by atoms with E-state index in [2.05, 4.69) is 0 Å². The van der Waals surface area contributed by atoms with Gasteiger partial charge in [-0.3, -0.25) is 4.79 Å². The molecular weight excluding hydrogens is 331 g/mol. The van der Waals surface area contributed by atoms with Crippen molar-refractivity contribution in [2.75, 3.05) is 0 Å². The number of ketones is 1. The molecule has 0 bridgehead atoms. The third kappa shape index (κ3) is 3.39. The largest absolute Gasteiger partial charge is 0.488 e. The van der Waals surface area contributed by atoms with Crippen molar-refractivity contribution in [1.29, 1.82) is 0 Å². The summed E-state index contributed by atoms with van der Waals surface area (Å²) in [5.74, 6) is -11.9. The molecule has 7 heteroatoms. The maximum absolute atomic E-state index is 13.7. The Balaban J connectivity index is 2.43. The van der Waals surface area contributed by atoms with E-state index >= 15 is 0 Å². The van der Waals surface area contributed by atoms with E-state index in [1.165, 1.54) is 24.3 Å². The van der Waals surface area contributed by atoms with Crippen molar-refractivity contribution >= 4 is 5.78 Å². The maximum Gasteiger partial charge on any atom is 0.200 e. The van der Waals surface area contributed by atoms with Gasteiger partial charge in [0.15, 0.2) is 29.1 Å². The van der Waals surface area contributed by atoms with Crippen molar-refractivity contribution < 1.29 is 31.5 Å². The molecule has 2 nitrogen and oxygen atoms in total. The molecular formula is C17H13F5O2. The van der Waals surface area contributed by atoms with Gasteiger partial charge in [-0.1, -0.05) is 0 Å². The van der Waals surface area contributed by atoms with E-state index in [9.17, 15) is 26.7 Å². The van der Waals surface area contributed by atoms with Gasteiger partial charge in [0, 0.05) is 5.56 Å². The molecule has 0 amide bonds. The summed E-state index contributed by atoms with van der Waals surface area (Å²) in [6, 6.07) is 5.10. The summed E-state index contributed by atoms with van der Waals surface area (Å²) >= 11 is 0. The van der Waals surface area contributed by atoms with E-state index in [1.54, 1.807) is 20.8 Å². The van der Waals surface area contributed by atoms with Crippen LogP contribution in [0.25, 0.3) is 0 Å². The molecule has 0 aliphatic heterocycles. The number of halogens is 5. The van der Waals surface area contributed by atoms with Crippen molar-refractivity contribution in [2.24, 2.45) is 0 Å². The number of ether oxygens (including phenoxy) is 1. The Kier molecular flexibility index (Phi) is 4.64. The zero-order valence-corrected chi connectivity index (χ0v) is 13.0. The molecule has 0 fully saturated rings. The van der Waals surface area contributed by atoms with E-state index in [0.717, 1.165) is 0 Å². The molecule has 0 aliphatic rings. The highest BCUT2D eigenvalue weighted by Gasteiger charge is 2.30. The average Bonchev–Trinajstić information content (AvgIpc) is 2.50. The van der Waals surface area contributed by atoms with Crippen molar-refractivity contribution in [3.05, 3.63) is 64.5 Å². The van der Waals surface area contributed by atoms with Crippen molar-refractivity contribution in [1.82, 2.24) is 0 Å². The summed E-state index contributed by atoms with van der Waals surface area (Å²) in [7, 11) is 0.